The molecule has 2 unspecified atom stereocenters. The van der Waals surface area contributed by atoms with Gasteiger partial charge in [0.25, 0.3) is 5.70 Å². The number of hydrogen-bond donors (Lipinski definition) is 4. The van der Waals surface area contributed by atoms with Gasteiger partial charge in [-0.25, -0.2) is 0 Å². The molecule has 0 saturated heterocycles. The van der Waals surface area contributed by atoms with Crippen molar-refractivity contribution in [1.82, 2.24) is 0 Å². The number of nitrogens with zero attached hydrogens (tertiary/aromatic N) is 3. The SMILES string of the molecule is O=S(=O)(O)O.O=[N+]([O-])C1=CC2C=CC=NC2C2=C1C=CC[N-]2.[O]=[V]([OH])[OH]. The van der Waals surface area contributed by atoms with Crippen molar-refractivity contribution in [2.45, 2.75) is 6.04 Å². The van der Waals surface area contributed by atoms with Gasteiger partial charge in [-0.3, -0.25) is 24.2 Å². The Balaban J connectivity index is 0.000000317. The molecule has 2 aliphatic heterocycles. The molecule has 4 N–H and O–H groups in total. The third kappa shape index (κ3) is 7.49. The predicted molar refractivity (Wildman–Crippen MR) is 83.7 cm³/mol. The molecule has 0 amide bonds. The van der Waals surface area contributed by atoms with Crippen LogP contribution in [0.25, 0.3) is 5.32 Å². The summed E-state index contributed by atoms with van der Waals surface area (Å²) in [5, 5.41) is 15.4. The van der Waals surface area contributed by atoms with Crippen LogP contribution in [0.2, 0.25) is 0 Å². The molecule has 0 aromatic heterocycles. The average molecular weight is 427 g/mol. The topological polar surface area (TPSA) is 202 Å². The Morgan fingerprint density at radius 3 is 2.46 bits per heavy atom. The van der Waals surface area contributed by atoms with Gasteiger partial charge < -0.3 is 5.32 Å². The molecule has 0 radical (unpaired) electrons. The molecule has 0 saturated carbocycles. The second kappa shape index (κ2) is 9.63. The Kier molecular flexibility index (Phi) is 8.17. The second-order valence-corrected chi connectivity index (χ2v) is 6.44. The van der Waals surface area contributed by atoms with Crippen LogP contribution in [0.3, 0.4) is 0 Å². The summed E-state index contributed by atoms with van der Waals surface area (Å²) in [6, 6.07) is -0.0938. The monoisotopic (exact) mass is 427 g/mol. The molecule has 12 nitrogen and oxygen atoms in total. The van der Waals surface area contributed by atoms with Gasteiger partial charge in [0.15, 0.2) is 0 Å². The van der Waals surface area contributed by atoms with Gasteiger partial charge in [-0.2, -0.15) is 8.42 Å². The van der Waals surface area contributed by atoms with Crippen molar-refractivity contribution in [3.05, 3.63) is 62.8 Å². The maximum absolute atomic E-state index is 11.0. The Labute approximate surface area is 153 Å². The van der Waals surface area contributed by atoms with Crippen LogP contribution in [-0.2, 0) is 29.9 Å². The van der Waals surface area contributed by atoms with E-state index in [1.165, 1.54) is 0 Å². The zero-order chi connectivity index (χ0) is 19.9. The fraction of sp³-hybridized carbons (Fsp3) is 0.250. The van der Waals surface area contributed by atoms with Crippen LogP contribution in [0.5, 0.6) is 0 Å². The molecule has 14 heteroatoms. The van der Waals surface area contributed by atoms with E-state index in [2.05, 4.69) is 10.3 Å². The minimum absolute atomic E-state index is 0.0469. The summed E-state index contributed by atoms with van der Waals surface area (Å²) in [4.78, 5) is 15.1. The number of fused-ring (bicyclic) bond motifs is 2. The second-order valence-electron chi connectivity index (χ2n) is 4.76. The van der Waals surface area contributed by atoms with Crippen LogP contribution in [0.1, 0.15) is 0 Å². The molecule has 1 aliphatic carbocycles. The molecule has 3 rings (SSSR count). The first-order valence-electron chi connectivity index (χ1n) is 6.70. The van der Waals surface area contributed by atoms with Gasteiger partial charge >= 0.3 is 37.9 Å². The van der Waals surface area contributed by atoms with Crippen LogP contribution in [-0.4, -0.2) is 49.3 Å². The normalized spacial score (nSPS) is 22.4. The first kappa shape index (κ1) is 22.0. The van der Waals surface area contributed by atoms with Crippen molar-refractivity contribution >= 4 is 16.6 Å². The van der Waals surface area contributed by atoms with Gasteiger partial charge in [0, 0.05) is 23.8 Å². The summed E-state index contributed by atoms with van der Waals surface area (Å²) < 4.78 is 54.8. The zero-order valence-corrected chi connectivity index (χ0v) is 15.1. The number of dihydropyridines is 1. The fourth-order valence-electron chi connectivity index (χ4n) is 2.32. The molecule has 3 aliphatic rings. The van der Waals surface area contributed by atoms with Crippen LogP contribution >= 0.6 is 0 Å². The minimum atomic E-state index is -4.67. The molecule has 0 aromatic carbocycles. The molecule has 0 bridgehead atoms. The van der Waals surface area contributed by atoms with Gasteiger partial charge in [0.05, 0.1) is 11.0 Å². The van der Waals surface area contributed by atoms with Crippen LogP contribution in [0.4, 0.5) is 0 Å². The Morgan fingerprint density at radius 1 is 1.35 bits per heavy atom. The molecular formula is C12H14N3O9SV-. The maximum atomic E-state index is 11.0. The van der Waals surface area contributed by atoms with Gasteiger partial charge in [0.2, 0.25) is 0 Å². The van der Waals surface area contributed by atoms with Crippen molar-refractivity contribution in [1.29, 1.82) is 0 Å². The van der Waals surface area contributed by atoms with Gasteiger partial charge in [-0.15, -0.1) is 18.3 Å². The first-order valence-corrected chi connectivity index (χ1v) is 9.92. The average Bonchev–Trinajstić information content (AvgIpc) is 2.52. The summed E-state index contributed by atoms with van der Waals surface area (Å²) in [5.41, 5.74) is 1.49. The molecule has 26 heavy (non-hydrogen) atoms. The summed E-state index contributed by atoms with van der Waals surface area (Å²) in [5.74, 6) is -0.0469. The van der Waals surface area contributed by atoms with E-state index >= 15 is 0 Å². The van der Waals surface area contributed by atoms with E-state index in [0.29, 0.717) is 12.1 Å². The molecule has 2 atom stereocenters. The predicted octanol–water partition coefficient (Wildman–Crippen LogP) is 0.0955. The van der Waals surface area contributed by atoms with E-state index in [0.717, 1.165) is 5.70 Å². The third-order valence-electron chi connectivity index (χ3n) is 3.06. The number of aliphatic imine (C=N–C) groups is 1. The Morgan fingerprint density at radius 2 is 1.92 bits per heavy atom. The standard InChI is InChI=1S/C12H10N3O2.H2O4S.2H2O.O.V/c16-15(17)10-7-8-3-1-5-13-11(8)12-9(10)4-2-6-14-12;1-5(2,3)4;;;;/h1-5,7-8,11H,6H2;(H2,1,2,3,4);2*1H2;;/q-1;;;;;+2/p-2. The summed E-state index contributed by atoms with van der Waals surface area (Å²) in [6.45, 7) is 0.576. The molecule has 0 aromatic rings. The number of allylic oxidation sites excluding steroid dienone is 2. The Hall–Kier alpha value is -2.00. The van der Waals surface area contributed by atoms with Crippen molar-refractivity contribution in [3.8, 4) is 0 Å². The van der Waals surface area contributed by atoms with Crippen molar-refractivity contribution in [3.63, 3.8) is 0 Å². The number of rotatable bonds is 1. The first-order chi connectivity index (χ1) is 12.0. The van der Waals surface area contributed by atoms with Gasteiger partial charge in [-0.05, 0) is 6.08 Å². The summed E-state index contributed by atoms with van der Waals surface area (Å²) in [7, 11) is -4.67. The van der Waals surface area contributed by atoms with E-state index in [4.69, 9.17) is 29.3 Å². The summed E-state index contributed by atoms with van der Waals surface area (Å²) >= 11 is -3.44. The van der Waals surface area contributed by atoms with Crippen molar-refractivity contribution in [2.75, 3.05) is 6.54 Å². The van der Waals surface area contributed by atoms with E-state index in [1.807, 2.05) is 18.2 Å². The quantitative estimate of drug-likeness (QED) is 0.254. The molecule has 0 spiro atoms. The van der Waals surface area contributed by atoms with Gasteiger partial charge in [0.1, 0.15) is 0 Å². The van der Waals surface area contributed by atoms with Crippen LogP contribution in [0.15, 0.2) is 52.3 Å². The van der Waals surface area contributed by atoms with E-state index in [-0.39, 0.29) is 22.6 Å². The van der Waals surface area contributed by atoms with E-state index in [1.54, 1.807) is 18.4 Å². The van der Waals surface area contributed by atoms with E-state index < -0.39 is 26.2 Å². The molecule has 0 fully saturated rings. The van der Waals surface area contributed by atoms with Crippen LogP contribution < -0.4 is 0 Å². The number of hydrogen-bond acceptors (Lipinski definition) is 6. The van der Waals surface area contributed by atoms with Crippen LogP contribution in [0, 0.1) is 16.0 Å². The van der Waals surface area contributed by atoms with Crippen molar-refractivity contribution in [2.24, 2.45) is 10.9 Å². The molecule has 2 heterocycles. The Bertz CT molecular complexity index is 817. The summed E-state index contributed by atoms with van der Waals surface area (Å²) in [6.07, 6.45) is 10.8. The zero-order valence-electron chi connectivity index (χ0n) is 12.9. The van der Waals surface area contributed by atoms with E-state index in [9.17, 15) is 10.1 Å². The van der Waals surface area contributed by atoms with Crippen molar-refractivity contribution < 1.29 is 50.0 Å². The molecular weight excluding hydrogens is 413 g/mol. The number of nitro groups is 1. The molecule has 143 valence electrons. The van der Waals surface area contributed by atoms with Gasteiger partial charge in [-0.1, -0.05) is 12.2 Å². The third-order valence-corrected chi connectivity index (χ3v) is 3.06. The fourth-order valence-corrected chi connectivity index (χ4v) is 2.32.